The first kappa shape index (κ1) is 11.5. The van der Waals surface area contributed by atoms with Crippen LogP contribution in [0.5, 0.6) is 0 Å². The van der Waals surface area contributed by atoms with Gasteiger partial charge in [0.05, 0.1) is 0 Å². The Balaban J connectivity index is 2.00. The van der Waals surface area contributed by atoms with Crippen molar-refractivity contribution in [1.82, 2.24) is 0 Å². The Labute approximate surface area is 114 Å². The second kappa shape index (κ2) is 4.28. The summed E-state index contributed by atoms with van der Waals surface area (Å²) in [6.45, 7) is 2.05. The van der Waals surface area contributed by atoms with Crippen LogP contribution in [-0.4, -0.2) is 11.9 Å². The zero-order valence-corrected chi connectivity index (χ0v) is 11.5. The molecular formula is C14H12BrNO2. The number of carbonyl (C=O) groups is 1. The van der Waals surface area contributed by atoms with E-state index in [1.54, 1.807) is 17.0 Å². The Morgan fingerprint density at radius 3 is 2.83 bits per heavy atom. The van der Waals surface area contributed by atoms with Crippen LogP contribution in [-0.2, 0) is 6.42 Å². The summed E-state index contributed by atoms with van der Waals surface area (Å²) < 4.78 is 5.92. The maximum absolute atomic E-state index is 12.4. The quantitative estimate of drug-likeness (QED) is 0.806. The molecule has 1 aromatic heterocycles. The molecule has 4 heteroatoms. The summed E-state index contributed by atoms with van der Waals surface area (Å²) in [5.74, 6) is 0.281. The third-order valence-electron chi connectivity index (χ3n) is 3.21. The van der Waals surface area contributed by atoms with Crippen molar-refractivity contribution in [2.75, 3.05) is 4.90 Å². The van der Waals surface area contributed by atoms with Gasteiger partial charge in [0.2, 0.25) is 0 Å². The second-order valence-corrected chi connectivity index (χ2v) is 5.24. The summed E-state index contributed by atoms with van der Waals surface area (Å²) in [6, 6.07) is 11.6. The molecule has 18 heavy (non-hydrogen) atoms. The molecule has 0 saturated heterocycles. The number of hydrogen-bond donors (Lipinski definition) is 0. The number of nitrogens with zero attached hydrogens (tertiary/aromatic N) is 1. The number of benzene rings is 1. The van der Waals surface area contributed by atoms with Gasteiger partial charge in [-0.2, -0.15) is 0 Å². The average Bonchev–Trinajstić information content (AvgIpc) is 2.91. The molecule has 1 amide bonds. The molecule has 1 aromatic carbocycles. The van der Waals surface area contributed by atoms with Crippen molar-refractivity contribution in [3.63, 3.8) is 0 Å². The number of carbonyl (C=O) groups excluding carboxylic acids is 1. The first-order chi connectivity index (χ1) is 8.66. The highest BCUT2D eigenvalue weighted by Gasteiger charge is 2.32. The van der Waals surface area contributed by atoms with Gasteiger partial charge in [0, 0.05) is 11.7 Å². The topological polar surface area (TPSA) is 33.5 Å². The second-order valence-electron chi connectivity index (χ2n) is 4.46. The lowest BCUT2D eigenvalue weighted by atomic mass is 10.1. The summed E-state index contributed by atoms with van der Waals surface area (Å²) in [7, 11) is 0. The summed E-state index contributed by atoms with van der Waals surface area (Å²) in [5.41, 5.74) is 2.20. The van der Waals surface area contributed by atoms with Crippen molar-refractivity contribution < 1.29 is 9.21 Å². The van der Waals surface area contributed by atoms with Gasteiger partial charge in [0.15, 0.2) is 10.4 Å². The minimum atomic E-state index is -0.0850. The SMILES string of the molecule is C[C@H]1Cc2ccccc2N1C(=O)c1ccc(Br)o1. The van der Waals surface area contributed by atoms with E-state index < -0.39 is 0 Å². The monoisotopic (exact) mass is 305 g/mol. The Morgan fingerprint density at radius 2 is 2.11 bits per heavy atom. The molecule has 3 nitrogen and oxygen atoms in total. The van der Waals surface area contributed by atoms with Crippen LogP contribution in [0, 0.1) is 0 Å². The predicted octanol–water partition coefficient (Wildman–Crippen LogP) is 3.63. The highest BCUT2D eigenvalue weighted by Crippen LogP contribution is 2.33. The van der Waals surface area contributed by atoms with Crippen LogP contribution in [0.3, 0.4) is 0 Å². The fraction of sp³-hybridized carbons (Fsp3) is 0.214. The molecule has 0 aliphatic carbocycles. The molecule has 0 bridgehead atoms. The Morgan fingerprint density at radius 1 is 1.33 bits per heavy atom. The van der Waals surface area contributed by atoms with E-state index in [1.807, 2.05) is 18.2 Å². The van der Waals surface area contributed by atoms with Crippen molar-refractivity contribution in [1.29, 1.82) is 0 Å². The minimum Gasteiger partial charge on any atom is -0.444 e. The average molecular weight is 306 g/mol. The molecule has 0 saturated carbocycles. The van der Waals surface area contributed by atoms with Crippen LogP contribution in [0.2, 0.25) is 0 Å². The molecular weight excluding hydrogens is 294 g/mol. The first-order valence-corrected chi connectivity index (χ1v) is 6.63. The first-order valence-electron chi connectivity index (χ1n) is 5.83. The van der Waals surface area contributed by atoms with E-state index in [0.717, 1.165) is 12.1 Å². The van der Waals surface area contributed by atoms with Crippen molar-refractivity contribution in [3.05, 3.63) is 52.4 Å². The van der Waals surface area contributed by atoms with E-state index in [4.69, 9.17) is 4.42 Å². The van der Waals surface area contributed by atoms with Gasteiger partial charge in [-0.05, 0) is 53.0 Å². The van der Waals surface area contributed by atoms with Crippen molar-refractivity contribution in [2.45, 2.75) is 19.4 Å². The van der Waals surface area contributed by atoms with Crippen LogP contribution < -0.4 is 4.90 Å². The van der Waals surface area contributed by atoms with Crippen LogP contribution in [0.4, 0.5) is 5.69 Å². The molecule has 1 aliphatic heterocycles. The lowest BCUT2D eigenvalue weighted by molar-refractivity contribution is 0.0953. The Hall–Kier alpha value is -1.55. The third kappa shape index (κ3) is 1.77. The zero-order chi connectivity index (χ0) is 12.7. The number of furan rings is 1. The number of anilines is 1. The van der Waals surface area contributed by atoms with E-state index in [-0.39, 0.29) is 11.9 Å². The summed E-state index contributed by atoms with van der Waals surface area (Å²) >= 11 is 3.22. The van der Waals surface area contributed by atoms with E-state index in [1.165, 1.54) is 5.56 Å². The number of fused-ring (bicyclic) bond motifs is 1. The lowest BCUT2D eigenvalue weighted by Crippen LogP contribution is -2.35. The molecule has 0 fully saturated rings. The van der Waals surface area contributed by atoms with Crippen molar-refractivity contribution >= 4 is 27.5 Å². The van der Waals surface area contributed by atoms with Gasteiger partial charge >= 0.3 is 0 Å². The molecule has 1 atom stereocenters. The lowest BCUT2D eigenvalue weighted by Gasteiger charge is -2.21. The summed E-state index contributed by atoms with van der Waals surface area (Å²) in [5, 5.41) is 0. The number of amides is 1. The third-order valence-corrected chi connectivity index (χ3v) is 3.64. The molecule has 2 aromatic rings. The fourth-order valence-electron chi connectivity index (χ4n) is 2.42. The number of hydrogen-bond acceptors (Lipinski definition) is 2. The largest absolute Gasteiger partial charge is 0.444 e. The van der Waals surface area contributed by atoms with Gasteiger partial charge in [-0.15, -0.1) is 0 Å². The van der Waals surface area contributed by atoms with Crippen LogP contribution in [0.1, 0.15) is 23.0 Å². The van der Waals surface area contributed by atoms with Crippen LogP contribution in [0.15, 0.2) is 45.5 Å². The summed E-state index contributed by atoms with van der Waals surface area (Å²) in [6.07, 6.45) is 0.893. The molecule has 3 rings (SSSR count). The van der Waals surface area contributed by atoms with Crippen molar-refractivity contribution in [3.8, 4) is 0 Å². The van der Waals surface area contributed by atoms with E-state index in [9.17, 15) is 4.79 Å². The molecule has 0 radical (unpaired) electrons. The van der Waals surface area contributed by atoms with E-state index >= 15 is 0 Å². The van der Waals surface area contributed by atoms with Crippen molar-refractivity contribution in [2.24, 2.45) is 0 Å². The van der Waals surface area contributed by atoms with E-state index in [0.29, 0.717) is 10.4 Å². The normalized spacial score (nSPS) is 17.9. The maximum Gasteiger partial charge on any atom is 0.294 e. The van der Waals surface area contributed by atoms with E-state index in [2.05, 4.69) is 28.9 Å². The predicted molar refractivity (Wildman–Crippen MR) is 72.8 cm³/mol. The fourth-order valence-corrected chi connectivity index (χ4v) is 2.73. The molecule has 0 unspecified atom stereocenters. The number of para-hydroxylation sites is 1. The van der Waals surface area contributed by atoms with Gasteiger partial charge in [0.1, 0.15) is 0 Å². The molecule has 2 heterocycles. The molecule has 0 N–H and O–H groups in total. The number of halogens is 1. The summed E-state index contributed by atoms with van der Waals surface area (Å²) in [4.78, 5) is 14.3. The molecule has 1 aliphatic rings. The van der Waals surface area contributed by atoms with Crippen LogP contribution >= 0.6 is 15.9 Å². The Kier molecular flexibility index (Phi) is 2.74. The van der Waals surface area contributed by atoms with Gasteiger partial charge in [-0.25, -0.2) is 0 Å². The van der Waals surface area contributed by atoms with Gasteiger partial charge in [0.25, 0.3) is 5.91 Å². The zero-order valence-electron chi connectivity index (χ0n) is 9.89. The van der Waals surface area contributed by atoms with Gasteiger partial charge in [-0.1, -0.05) is 18.2 Å². The standard InChI is InChI=1S/C14H12BrNO2/c1-9-8-10-4-2-3-5-11(10)16(9)14(17)12-6-7-13(15)18-12/h2-7,9H,8H2,1H3/t9-/m0/s1. The smallest absolute Gasteiger partial charge is 0.294 e. The highest BCUT2D eigenvalue weighted by atomic mass is 79.9. The minimum absolute atomic E-state index is 0.0850. The number of rotatable bonds is 1. The molecule has 92 valence electrons. The van der Waals surface area contributed by atoms with Gasteiger partial charge in [-0.3, -0.25) is 4.79 Å². The van der Waals surface area contributed by atoms with Crippen LogP contribution in [0.25, 0.3) is 0 Å². The van der Waals surface area contributed by atoms with Gasteiger partial charge < -0.3 is 9.32 Å². The highest BCUT2D eigenvalue weighted by molar-refractivity contribution is 9.10. The Bertz CT molecular complexity index is 605. The maximum atomic E-state index is 12.4. The molecule has 0 spiro atoms.